The van der Waals surface area contributed by atoms with Gasteiger partial charge in [-0.05, 0) is 43.4 Å². The topological polar surface area (TPSA) is 44.5 Å². The Kier molecular flexibility index (Phi) is 4.27. The Hall–Kier alpha value is -1.06. The zero-order chi connectivity index (χ0) is 13.8. The SMILES string of the molecule is NC1(c2cccc(OC3CCCOC3)c2)CCCCC1. The van der Waals surface area contributed by atoms with E-state index in [1.165, 1.54) is 24.8 Å². The maximum absolute atomic E-state index is 6.60. The highest BCUT2D eigenvalue weighted by Crippen LogP contribution is 2.36. The molecule has 1 atom stereocenters. The number of benzene rings is 1. The van der Waals surface area contributed by atoms with Gasteiger partial charge in [-0.2, -0.15) is 0 Å². The quantitative estimate of drug-likeness (QED) is 0.920. The van der Waals surface area contributed by atoms with Crippen molar-refractivity contribution >= 4 is 0 Å². The summed E-state index contributed by atoms with van der Waals surface area (Å²) in [5.41, 5.74) is 7.68. The minimum absolute atomic E-state index is 0.152. The molecule has 0 bridgehead atoms. The lowest BCUT2D eigenvalue weighted by atomic mass is 9.77. The summed E-state index contributed by atoms with van der Waals surface area (Å²) in [5, 5.41) is 0. The maximum Gasteiger partial charge on any atom is 0.122 e. The Labute approximate surface area is 121 Å². The minimum atomic E-state index is -0.152. The number of ether oxygens (including phenoxy) is 2. The Balaban J connectivity index is 1.71. The molecule has 3 nitrogen and oxygen atoms in total. The second-order valence-electron chi connectivity index (χ2n) is 6.20. The molecule has 2 N–H and O–H groups in total. The minimum Gasteiger partial charge on any atom is -0.488 e. The van der Waals surface area contributed by atoms with Gasteiger partial charge >= 0.3 is 0 Å². The van der Waals surface area contributed by atoms with Crippen LogP contribution in [0.1, 0.15) is 50.5 Å². The Morgan fingerprint density at radius 1 is 1.15 bits per heavy atom. The fourth-order valence-electron chi connectivity index (χ4n) is 3.35. The molecule has 3 heteroatoms. The fourth-order valence-corrected chi connectivity index (χ4v) is 3.35. The van der Waals surface area contributed by atoms with Gasteiger partial charge in [0.1, 0.15) is 11.9 Å². The van der Waals surface area contributed by atoms with Gasteiger partial charge in [-0.1, -0.05) is 31.4 Å². The van der Waals surface area contributed by atoms with Gasteiger partial charge in [0.05, 0.1) is 6.61 Å². The van der Waals surface area contributed by atoms with E-state index < -0.39 is 0 Å². The predicted molar refractivity (Wildman–Crippen MR) is 79.9 cm³/mol. The van der Waals surface area contributed by atoms with E-state index in [1.54, 1.807) is 0 Å². The second kappa shape index (κ2) is 6.15. The van der Waals surface area contributed by atoms with Crippen LogP contribution in [0.4, 0.5) is 0 Å². The molecule has 0 aromatic heterocycles. The van der Waals surface area contributed by atoms with E-state index in [9.17, 15) is 0 Å². The lowest BCUT2D eigenvalue weighted by Crippen LogP contribution is -2.38. The van der Waals surface area contributed by atoms with Crippen molar-refractivity contribution in [3.8, 4) is 5.75 Å². The molecule has 2 aliphatic rings. The van der Waals surface area contributed by atoms with Crippen molar-refractivity contribution in [2.45, 2.75) is 56.6 Å². The van der Waals surface area contributed by atoms with Gasteiger partial charge in [0, 0.05) is 12.1 Å². The van der Waals surface area contributed by atoms with Gasteiger partial charge < -0.3 is 15.2 Å². The summed E-state index contributed by atoms with van der Waals surface area (Å²) in [6.45, 7) is 1.57. The molecule has 2 fully saturated rings. The molecular formula is C17H25NO2. The first-order valence-electron chi connectivity index (χ1n) is 7.90. The summed E-state index contributed by atoms with van der Waals surface area (Å²) in [5.74, 6) is 0.938. The Morgan fingerprint density at radius 3 is 2.75 bits per heavy atom. The Bertz CT molecular complexity index is 434. The Morgan fingerprint density at radius 2 is 2.00 bits per heavy atom. The van der Waals surface area contributed by atoms with Gasteiger partial charge in [-0.25, -0.2) is 0 Å². The molecule has 110 valence electrons. The van der Waals surface area contributed by atoms with Crippen molar-refractivity contribution in [1.29, 1.82) is 0 Å². The van der Waals surface area contributed by atoms with Crippen LogP contribution in [-0.4, -0.2) is 19.3 Å². The van der Waals surface area contributed by atoms with Crippen molar-refractivity contribution < 1.29 is 9.47 Å². The van der Waals surface area contributed by atoms with Crippen LogP contribution in [0.2, 0.25) is 0 Å². The molecule has 1 aromatic carbocycles. The van der Waals surface area contributed by atoms with Gasteiger partial charge in [0.25, 0.3) is 0 Å². The third-order valence-electron chi connectivity index (χ3n) is 4.58. The number of hydrogen-bond acceptors (Lipinski definition) is 3. The maximum atomic E-state index is 6.60. The van der Waals surface area contributed by atoms with Gasteiger partial charge in [-0.3, -0.25) is 0 Å². The summed E-state index contributed by atoms with van der Waals surface area (Å²) in [7, 11) is 0. The molecule has 1 aliphatic carbocycles. The largest absolute Gasteiger partial charge is 0.488 e. The summed E-state index contributed by atoms with van der Waals surface area (Å²) < 4.78 is 11.5. The van der Waals surface area contributed by atoms with E-state index in [0.29, 0.717) is 6.61 Å². The molecular weight excluding hydrogens is 250 g/mol. The van der Waals surface area contributed by atoms with Crippen LogP contribution in [0, 0.1) is 0 Å². The molecule has 1 aliphatic heterocycles. The molecule has 1 saturated heterocycles. The zero-order valence-electron chi connectivity index (χ0n) is 12.1. The standard InChI is InChI=1S/C17H25NO2/c18-17(9-2-1-3-10-17)14-6-4-7-15(12-14)20-16-8-5-11-19-13-16/h4,6-7,12,16H,1-3,5,8-11,13,18H2. The first-order valence-corrected chi connectivity index (χ1v) is 7.90. The molecule has 0 radical (unpaired) electrons. The van der Waals surface area contributed by atoms with Crippen LogP contribution >= 0.6 is 0 Å². The fraction of sp³-hybridized carbons (Fsp3) is 0.647. The van der Waals surface area contributed by atoms with Crippen molar-refractivity contribution in [2.75, 3.05) is 13.2 Å². The van der Waals surface area contributed by atoms with Crippen LogP contribution in [-0.2, 0) is 10.3 Å². The lowest BCUT2D eigenvalue weighted by Gasteiger charge is -2.34. The zero-order valence-corrected chi connectivity index (χ0v) is 12.1. The van der Waals surface area contributed by atoms with E-state index in [-0.39, 0.29) is 11.6 Å². The highest BCUT2D eigenvalue weighted by Gasteiger charge is 2.29. The average molecular weight is 275 g/mol. The highest BCUT2D eigenvalue weighted by atomic mass is 16.5. The van der Waals surface area contributed by atoms with Crippen molar-refractivity contribution in [3.05, 3.63) is 29.8 Å². The van der Waals surface area contributed by atoms with Gasteiger partial charge in [0.15, 0.2) is 0 Å². The van der Waals surface area contributed by atoms with E-state index >= 15 is 0 Å². The molecule has 1 aromatic rings. The van der Waals surface area contributed by atoms with E-state index in [1.807, 2.05) is 6.07 Å². The normalized spacial score (nSPS) is 26.1. The van der Waals surface area contributed by atoms with Gasteiger partial charge in [0.2, 0.25) is 0 Å². The van der Waals surface area contributed by atoms with Gasteiger partial charge in [-0.15, -0.1) is 0 Å². The molecule has 1 heterocycles. The second-order valence-corrected chi connectivity index (χ2v) is 6.20. The molecule has 20 heavy (non-hydrogen) atoms. The van der Waals surface area contributed by atoms with Crippen molar-refractivity contribution in [1.82, 2.24) is 0 Å². The molecule has 0 spiro atoms. The first-order chi connectivity index (χ1) is 9.76. The van der Waals surface area contributed by atoms with Crippen molar-refractivity contribution in [3.63, 3.8) is 0 Å². The smallest absolute Gasteiger partial charge is 0.122 e. The lowest BCUT2D eigenvalue weighted by molar-refractivity contribution is 0.00735. The summed E-state index contributed by atoms with van der Waals surface area (Å²) in [6.07, 6.45) is 8.32. The highest BCUT2D eigenvalue weighted by molar-refractivity contribution is 5.33. The third-order valence-corrected chi connectivity index (χ3v) is 4.58. The van der Waals surface area contributed by atoms with Crippen molar-refractivity contribution in [2.24, 2.45) is 5.73 Å². The van der Waals surface area contributed by atoms with Crippen LogP contribution < -0.4 is 10.5 Å². The molecule has 3 rings (SSSR count). The van der Waals surface area contributed by atoms with Crippen LogP contribution in [0.15, 0.2) is 24.3 Å². The summed E-state index contributed by atoms with van der Waals surface area (Å²) in [4.78, 5) is 0. The summed E-state index contributed by atoms with van der Waals surface area (Å²) >= 11 is 0. The van der Waals surface area contributed by atoms with Crippen LogP contribution in [0.25, 0.3) is 0 Å². The molecule has 1 unspecified atom stereocenters. The number of hydrogen-bond donors (Lipinski definition) is 1. The average Bonchev–Trinajstić information content (AvgIpc) is 2.49. The monoisotopic (exact) mass is 275 g/mol. The van der Waals surface area contributed by atoms with E-state index in [4.69, 9.17) is 15.2 Å². The molecule has 0 amide bonds. The molecule has 1 saturated carbocycles. The van der Waals surface area contributed by atoms with E-state index in [2.05, 4.69) is 18.2 Å². The van der Waals surface area contributed by atoms with Crippen LogP contribution in [0.5, 0.6) is 5.75 Å². The number of rotatable bonds is 3. The van der Waals surface area contributed by atoms with Crippen LogP contribution in [0.3, 0.4) is 0 Å². The van der Waals surface area contributed by atoms with E-state index in [0.717, 1.165) is 38.0 Å². The summed E-state index contributed by atoms with van der Waals surface area (Å²) in [6, 6.07) is 8.39. The first kappa shape index (κ1) is 13.9. The third kappa shape index (κ3) is 3.15. The number of nitrogens with two attached hydrogens (primary N) is 1. The predicted octanol–water partition coefficient (Wildman–Crippen LogP) is 3.36.